The monoisotopic (exact) mass is 304 g/mol. The maximum atomic E-state index is 11.3. The fraction of sp³-hybridized carbons (Fsp3) is 0.286. The highest BCUT2D eigenvalue weighted by atomic mass is 16.6. The number of para-hydroxylation sites is 1. The van der Waals surface area contributed by atoms with E-state index in [1.807, 2.05) is 13.0 Å². The van der Waals surface area contributed by atoms with Crippen molar-refractivity contribution in [1.29, 1.82) is 0 Å². The molecule has 8 nitrogen and oxygen atoms in total. The Morgan fingerprint density at radius 3 is 2.68 bits per heavy atom. The van der Waals surface area contributed by atoms with E-state index in [4.69, 9.17) is 9.47 Å². The fourth-order valence-electron chi connectivity index (χ4n) is 1.83. The number of benzene rings is 1. The first-order chi connectivity index (χ1) is 10.6. The number of rotatable bonds is 7. The molecule has 0 saturated carbocycles. The van der Waals surface area contributed by atoms with Gasteiger partial charge in [0, 0.05) is 13.2 Å². The Kier molecular flexibility index (Phi) is 5.21. The highest BCUT2D eigenvalue weighted by Crippen LogP contribution is 2.34. The minimum Gasteiger partial charge on any atom is -0.434 e. The van der Waals surface area contributed by atoms with E-state index in [0.717, 1.165) is 0 Å². The first-order valence-corrected chi connectivity index (χ1v) is 6.59. The van der Waals surface area contributed by atoms with Gasteiger partial charge < -0.3 is 14.8 Å². The summed E-state index contributed by atoms with van der Waals surface area (Å²) in [5.41, 5.74) is -0.311. The molecule has 2 rings (SSSR count). The second-order valence-electron chi connectivity index (χ2n) is 4.55. The minimum atomic E-state index is -0.569. The molecule has 116 valence electrons. The number of hydrogen-bond donors (Lipinski definition) is 1. The fourth-order valence-corrected chi connectivity index (χ4v) is 1.83. The first kappa shape index (κ1) is 15.6. The summed E-state index contributed by atoms with van der Waals surface area (Å²) >= 11 is 0. The van der Waals surface area contributed by atoms with Crippen LogP contribution in [0.15, 0.2) is 36.7 Å². The van der Waals surface area contributed by atoms with Crippen molar-refractivity contribution in [1.82, 2.24) is 9.97 Å². The lowest BCUT2D eigenvalue weighted by atomic mass is 10.3. The van der Waals surface area contributed by atoms with E-state index < -0.39 is 4.92 Å². The minimum absolute atomic E-state index is 0.0930. The van der Waals surface area contributed by atoms with Crippen LogP contribution in [-0.2, 0) is 4.74 Å². The summed E-state index contributed by atoms with van der Waals surface area (Å²) in [6.07, 6.45) is 1.22. The zero-order chi connectivity index (χ0) is 15.9. The number of nitrogens with one attached hydrogen (secondary N) is 1. The highest BCUT2D eigenvalue weighted by molar-refractivity contribution is 5.62. The molecule has 2 aromatic rings. The van der Waals surface area contributed by atoms with Gasteiger partial charge in [-0.05, 0) is 19.1 Å². The second-order valence-corrected chi connectivity index (χ2v) is 4.55. The lowest BCUT2D eigenvalue weighted by Gasteiger charge is -2.14. The molecule has 0 fully saturated rings. The van der Waals surface area contributed by atoms with Gasteiger partial charge in [-0.25, -0.2) is 4.98 Å². The summed E-state index contributed by atoms with van der Waals surface area (Å²) in [5, 5.41) is 14.3. The lowest BCUT2D eigenvalue weighted by molar-refractivity contribution is -0.385. The molecule has 1 aromatic carbocycles. The van der Waals surface area contributed by atoms with Crippen LogP contribution >= 0.6 is 0 Å². The smallest absolute Gasteiger partial charge is 0.373 e. The number of anilines is 1. The highest BCUT2D eigenvalue weighted by Gasteiger charge is 2.25. The van der Waals surface area contributed by atoms with Gasteiger partial charge in [0.25, 0.3) is 0 Å². The Labute approximate surface area is 127 Å². The number of aromatic nitrogens is 2. The van der Waals surface area contributed by atoms with Crippen LogP contribution in [0.5, 0.6) is 11.6 Å². The zero-order valence-corrected chi connectivity index (χ0v) is 12.2. The molecule has 0 amide bonds. The Balaban J connectivity index is 2.32. The summed E-state index contributed by atoms with van der Waals surface area (Å²) < 4.78 is 10.5. The maximum Gasteiger partial charge on any atom is 0.373 e. The van der Waals surface area contributed by atoms with Crippen LogP contribution in [-0.4, -0.2) is 34.6 Å². The average molecular weight is 304 g/mol. The molecule has 1 N–H and O–H groups in total. The molecule has 8 heteroatoms. The van der Waals surface area contributed by atoms with Crippen molar-refractivity contribution in [3.63, 3.8) is 0 Å². The molecule has 0 aliphatic carbocycles. The summed E-state index contributed by atoms with van der Waals surface area (Å²) in [7, 11) is 1.55. The molecule has 1 aromatic heterocycles. The van der Waals surface area contributed by atoms with E-state index in [1.54, 1.807) is 31.4 Å². The number of methoxy groups -OCH3 is 1. The Morgan fingerprint density at radius 2 is 2.05 bits per heavy atom. The van der Waals surface area contributed by atoms with E-state index in [9.17, 15) is 10.1 Å². The van der Waals surface area contributed by atoms with Crippen LogP contribution in [0.4, 0.5) is 11.5 Å². The Hall–Kier alpha value is -2.74. The van der Waals surface area contributed by atoms with Crippen molar-refractivity contribution in [2.45, 2.75) is 13.0 Å². The largest absolute Gasteiger partial charge is 0.434 e. The number of nitro groups is 1. The molecule has 1 unspecified atom stereocenters. The number of hydrogen-bond acceptors (Lipinski definition) is 7. The van der Waals surface area contributed by atoms with Crippen molar-refractivity contribution in [2.24, 2.45) is 0 Å². The van der Waals surface area contributed by atoms with Gasteiger partial charge in [0.05, 0.1) is 11.5 Å². The molecule has 1 heterocycles. The third kappa shape index (κ3) is 3.89. The van der Waals surface area contributed by atoms with Crippen molar-refractivity contribution in [2.75, 3.05) is 19.0 Å². The van der Waals surface area contributed by atoms with Crippen molar-refractivity contribution in [3.05, 3.63) is 46.8 Å². The van der Waals surface area contributed by atoms with Crippen molar-refractivity contribution in [3.8, 4) is 11.6 Å². The lowest BCUT2D eigenvalue weighted by Crippen LogP contribution is -2.22. The second kappa shape index (κ2) is 7.32. The SMILES string of the molecule is COCC(C)Nc1ncnc(Oc2ccccc2)c1[N+](=O)[O-]. The molecule has 0 radical (unpaired) electrons. The van der Waals surface area contributed by atoms with Gasteiger partial charge in [-0.1, -0.05) is 18.2 Å². The van der Waals surface area contributed by atoms with E-state index in [0.29, 0.717) is 12.4 Å². The molecule has 22 heavy (non-hydrogen) atoms. The topological polar surface area (TPSA) is 99.4 Å². The van der Waals surface area contributed by atoms with Gasteiger partial charge in [-0.3, -0.25) is 10.1 Å². The predicted octanol–water partition coefficient (Wildman–Crippen LogP) is 2.62. The standard InChI is InChI=1S/C14H16N4O4/c1-10(8-21-2)17-13-12(18(19)20)14(16-9-15-13)22-11-6-4-3-5-7-11/h3-7,9-10H,8H2,1-2H3,(H,15,16,17). The Bertz CT molecular complexity index is 636. The molecular weight excluding hydrogens is 288 g/mol. The van der Waals surface area contributed by atoms with Crippen molar-refractivity contribution >= 4 is 11.5 Å². The van der Waals surface area contributed by atoms with Crippen LogP contribution < -0.4 is 10.1 Å². The normalized spacial score (nSPS) is 11.7. The van der Waals surface area contributed by atoms with Crippen LogP contribution in [0, 0.1) is 10.1 Å². The Morgan fingerprint density at radius 1 is 1.32 bits per heavy atom. The van der Waals surface area contributed by atoms with Gasteiger partial charge in [-0.2, -0.15) is 4.98 Å². The molecular formula is C14H16N4O4. The van der Waals surface area contributed by atoms with E-state index in [2.05, 4.69) is 15.3 Å². The molecule has 0 bridgehead atoms. The third-order valence-corrected chi connectivity index (χ3v) is 2.73. The molecule has 0 aliphatic heterocycles. The number of ether oxygens (including phenoxy) is 2. The molecule has 0 saturated heterocycles. The predicted molar refractivity (Wildman–Crippen MR) is 80.2 cm³/mol. The van der Waals surface area contributed by atoms with Crippen LogP contribution in [0.2, 0.25) is 0 Å². The average Bonchev–Trinajstić information content (AvgIpc) is 2.48. The number of nitrogens with zero attached hydrogens (tertiary/aromatic N) is 3. The molecule has 0 spiro atoms. The maximum absolute atomic E-state index is 11.3. The quantitative estimate of drug-likeness (QED) is 0.620. The van der Waals surface area contributed by atoms with Gasteiger partial charge in [0.2, 0.25) is 5.82 Å². The van der Waals surface area contributed by atoms with E-state index in [-0.39, 0.29) is 23.4 Å². The van der Waals surface area contributed by atoms with E-state index >= 15 is 0 Å². The molecule has 0 aliphatic rings. The summed E-state index contributed by atoms with van der Waals surface area (Å²) in [5.74, 6) is 0.439. The van der Waals surface area contributed by atoms with Gasteiger partial charge in [0.15, 0.2) is 0 Å². The van der Waals surface area contributed by atoms with Gasteiger partial charge in [-0.15, -0.1) is 0 Å². The molecule has 1 atom stereocenters. The van der Waals surface area contributed by atoms with Crippen LogP contribution in [0.25, 0.3) is 0 Å². The zero-order valence-electron chi connectivity index (χ0n) is 12.2. The summed E-state index contributed by atoms with van der Waals surface area (Å²) in [6, 6.07) is 8.58. The van der Waals surface area contributed by atoms with Crippen LogP contribution in [0.3, 0.4) is 0 Å². The summed E-state index contributed by atoms with van der Waals surface area (Å²) in [6.45, 7) is 2.21. The summed E-state index contributed by atoms with van der Waals surface area (Å²) in [4.78, 5) is 18.6. The third-order valence-electron chi connectivity index (χ3n) is 2.73. The van der Waals surface area contributed by atoms with Crippen molar-refractivity contribution < 1.29 is 14.4 Å². The van der Waals surface area contributed by atoms with Crippen LogP contribution in [0.1, 0.15) is 6.92 Å². The first-order valence-electron chi connectivity index (χ1n) is 6.59. The van der Waals surface area contributed by atoms with Gasteiger partial charge >= 0.3 is 11.6 Å². The van der Waals surface area contributed by atoms with E-state index in [1.165, 1.54) is 6.33 Å². The van der Waals surface area contributed by atoms with Gasteiger partial charge in [0.1, 0.15) is 12.1 Å².